The Morgan fingerprint density at radius 1 is 1.00 bits per heavy atom. The Labute approximate surface area is 164 Å². The summed E-state index contributed by atoms with van der Waals surface area (Å²) >= 11 is 0. The summed E-state index contributed by atoms with van der Waals surface area (Å²) in [4.78, 5) is 2.41. The molecule has 28 heavy (non-hydrogen) atoms. The highest BCUT2D eigenvalue weighted by atomic mass is 16.5. The molecule has 0 amide bonds. The van der Waals surface area contributed by atoms with Gasteiger partial charge in [-0.15, -0.1) is 0 Å². The summed E-state index contributed by atoms with van der Waals surface area (Å²) in [6.07, 6.45) is 1.50. The van der Waals surface area contributed by atoms with Gasteiger partial charge in [0.15, 0.2) is 11.5 Å². The van der Waals surface area contributed by atoms with E-state index in [2.05, 4.69) is 11.8 Å². The lowest BCUT2D eigenvalue weighted by atomic mass is 9.77. The van der Waals surface area contributed by atoms with Gasteiger partial charge in [-0.1, -0.05) is 6.07 Å². The van der Waals surface area contributed by atoms with Crippen LogP contribution >= 0.6 is 0 Å². The van der Waals surface area contributed by atoms with Crippen molar-refractivity contribution in [2.75, 3.05) is 20.8 Å². The Hall–Kier alpha value is -2.50. The van der Waals surface area contributed by atoms with E-state index in [1.165, 1.54) is 0 Å². The molecule has 0 aliphatic carbocycles. The quantitative estimate of drug-likeness (QED) is 0.656. The molecule has 0 bridgehead atoms. The lowest BCUT2D eigenvalue weighted by Gasteiger charge is -2.45. The molecule has 2 aliphatic heterocycles. The number of ether oxygens (including phenoxy) is 2. The molecule has 2 N–H and O–H groups in total. The van der Waals surface area contributed by atoms with Crippen LogP contribution in [0.2, 0.25) is 0 Å². The van der Waals surface area contributed by atoms with Gasteiger partial charge < -0.3 is 19.7 Å². The molecule has 5 nitrogen and oxygen atoms in total. The summed E-state index contributed by atoms with van der Waals surface area (Å²) in [6.45, 7) is 3.96. The number of rotatable bonds is 2. The predicted octanol–water partition coefficient (Wildman–Crippen LogP) is 4.12. The molecule has 3 aromatic rings. The lowest BCUT2D eigenvalue weighted by Crippen LogP contribution is -2.49. The van der Waals surface area contributed by atoms with Crippen molar-refractivity contribution in [3.8, 4) is 17.2 Å². The van der Waals surface area contributed by atoms with Gasteiger partial charge >= 0.3 is 0 Å². The second kappa shape index (κ2) is 6.00. The first-order chi connectivity index (χ1) is 13.5. The molecule has 0 aromatic heterocycles. The van der Waals surface area contributed by atoms with Crippen molar-refractivity contribution in [1.29, 1.82) is 0 Å². The minimum atomic E-state index is -0.580. The van der Waals surface area contributed by atoms with Crippen LogP contribution in [-0.2, 0) is 6.54 Å². The van der Waals surface area contributed by atoms with E-state index in [1.807, 2.05) is 18.2 Å². The van der Waals surface area contributed by atoms with E-state index in [4.69, 9.17) is 9.47 Å². The third-order valence-corrected chi connectivity index (χ3v) is 6.80. The van der Waals surface area contributed by atoms with Gasteiger partial charge in [0.1, 0.15) is 5.75 Å². The van der Waals surface area contributed by atoms with E-state index in [1.54, 1.807) is 26.4 Å². The van der Waals surface area contributed by atoms with Gasteiger partial charge in [0.2, 0.25) is 0 Å². The molecule has 0 spiro atoms. The molecule has 2 atom stereocenters. The van der Waals surface area contributed by atoms with Gasteiger partial charge in [0, 0.05) is 12.1 Å². The van der Waals surface area contributed by atoms with Crippen LogP contribution in [0.4, 0.5) is 0 Å². The van der Waals surface area contributed by atoms with Gasteiger partial charge in [-0.2, -0.15) is 0 Å². The number of hydrogen-bond acceptors (Lipinski definition) is 5. The van der Waals surface area contributed by atoms with Crippen molar-refractivity contribution in [3.05, 3.63) is 41.5 Å². The van der Waals surface area contributed by atoms with E-state index >= 15 is 0 Å². The van der Waals surface area contributed by atoms with E-state index in [9.17, 15) is 10.2 Å². The van der Waals surface area contributed by atoms with Crippen LogP contribution in [0.3, 0.4) is 0 Å². The molecule has 2 aliphatic rings. The number of methoxy groups -OCH3 is 2. The van der Waals surface area contributed by atoms with Crippen molar-refractivity contribution in [2.45, 2.75) is 38.0 Å². The first-order valence-corrected chi connectivity index (χ1v) is 9.74. The SMILES string of the molecule is COc1cc2c3c(c4ccc(O)cc4c2cc1OC)[C@H](O)[C@]1(C)CCCN1C3. The van der Waals surface area contributed by atoms with Crippen LogP contribution in [-0.4, -0.2) is 41.4 Å². The molecule has 1 saturated heterocycles. The van der Waals surface area contributed by atoms with E-state index in [-0.39, 0.29) is 11.3 Å². The van der Waals surface area contributed by atoms with Gasteiger partial charge in [-0.05, 0) is 83.2 Å². The summed E-state index contributed by atoms with van der Waals surface area (Å²) in [5.74, 6) is 1.53. The summed E-state index contributed by atoms with van der Waals surface area (Å²) in [6, 6.07) is 9.38. The Morgan fingerprint density at radius 2 is 1.68 bits per heavy atom. The molecule has 5 rings (SSSR count). The highest BCUT2D eigenvalue weighted by Crippen LogP contribution is 2.51. The zero-order chi connectivity index (χ0) is 19.6. The van der Waals surface area contributed by atoms with Crippen molar-refractivity contribution in [1.82, 2.24) is 4.90 Å². The Balaban J connectivity index is 1.94. The van der Waals surface area contributed by atoms with Crippen LogP contribution < -0.4 is 9.47 Å². The molecule has 0 radical (unpaired) electrons. The Bertz CT molecular complexity index is 1110. The van der Waals surface area contributed by atoms with Gasteiger partial charge in [0.25, 0.3) is 0 Å². The maximum Gasteiger partial charge on any atom is 0.161 e. The molecule has 1 fully saturated rings. The molecule has 0 saturated carbocycles. The van der Waals surface area contributed by atoms with E-state index < -0.39 is 6.10 Å². The minimum absolute atomic E-state index is 0.211. The third-order valence-electron chi connectivity index (χ3n) is 6.80. The molecule has 2 heterocycles. The number of aromatic hydroxyl groups is 1. The average Bonchev–Trinajstić information content (AvgIpc) is 3.09. The lowest BCUT2D eigenvalue weighted by molar-refractivity contribution is -0.0142. The highest BCUT2D eigenvalue weighted by Gasteiger charge is 2.48. The number of phenolic OH excluding ortho intramolecular Hbond substituents is 1. The molecule has 146 valence electrons. The first kappa shape index (κ1) is 17.6. The fourth-order valence-electron chi connectivity index (χ4n) is 5.24. The first-order valence-electron chi connectivity index (χ1n) is 9.74. The molecule has 3 aromatic carbocycles. The number of phenols is 1. The normalized spacial score (nSPS) is 24.4. The summed E-state index contributed by atoms with van der Waals surface area (Å²) < 4.78 is 11.1. The third kappa shape index (κ3) is 2.20. The van der Waals surface area contributed by atoms with Crippen molar-refractivity contribution in [3.63, 3.8) is 0 Å². The topological polar surface area (TPSA) is 62.2 Å². The minimum Gasteiger partial charge on any atom is -0.508 e. The summed E-state index contributed by atoms with van der Waals surface area (Å²) in [5.41, 5.74) is 1.87. The zero-order valence-corrected chi connectivity index (χ0v) is 16.5. The Kier molecular flexibility index (Phi) is 3.77. The summed E-state index contributed by atoms with van der Waals surface area (Å²) in [5, 5.41) is 25.6. The van der Waals surface area contributed by atoms with Crippen LogP contribution in [0.5, 0.6) is 17.2 Å². The maximum atomic E-state index is 11.5. The van der Waals surface area contributed by atoms with Gasteiger partial charge in [-0.25, -0.2) is 0 Å². The number of hydrogen-bond donors (Lipinski definition) is 2. The average molecular weight is 379 g/mol. The number of benzene rings is 3. The van der Waals surface area contributed by atoms with E-state index in [0.717, 1.165) is 58.6 Å². The smallest absolute Gasteiger partial charge is 0.161 e. The number of aliphatic hydroxyl groups is 1. The molecular formula is C23H25NO4. The second-order valence-electron chi connectivity index (χ2n) is 8.16. The van der Waals surface area contributed by atoms with Crippen molar-refractivity contribution < 1.29 is 19.7 Å². The van der Waals surface area contributed by atoms with Crippen molar-refractivity contribution >= 4 is 21.5 Å². The monoisotopic (exact) mass is 379 g/mol. The summed E-state index contributed by atoms with van der Waals surface area (Å²) in [7, 11) is 3.26. The number of fused-ring (bicyclic) bond motifs is 7. The van der Waals surface area contributed by atoms with Crippen LogP contribution in [0, 0.1) is 0 Å². The van der Waals surface area contributed by atoms with Gasteiger partial charge in [0.05, 0.1) is 20.3 Å². The van der Waals surface area contributed by atoms with Gasteiger partial charge in [-0.3, -0.25) is 4.90 Å². The molecular weight excluding hydrogens is 354 g/mol. The highest BCUT2D eigenvalue weighted by molar-refractivity contribution is 6.12. The fraction of sp³-hybridized carbons (Fsp3) is 0.391. The van der Waals surface area contributed by atoms with Crippen LogP contribution in [0.1, 0.15) is 37.0 Å². The van der Waals surface area contributed by atoms with Crippen LogP contribution in [0.15, 0.2) is 30.3 Å². The second-order valence-corrected chi connectivity index (χ2v) is 8.16. The molecule has 0 unspecified atom stereocenters. The maximum absolute atomic E-state index is 11.5. The Morgan fingerprint density at radius 3 is 2.39 bits per heavy atom. The zero-order valence-electron chi connectivity index (χ0n) is 16.5. The fourth-order valence-corrected chi connectivity index (χ4v) is 5.24. The predicted molar refractivity (Wildman–Crippen MR) is 109 cm³/mol. The van der Waals surface area contributed by atoms with Crippen LogP contribution in [0.25, 0.3) is 21.5 Å². The standard InChI is InChI=1S/C23H25NO4/c1-23-7-4-8-24(23)12-18-17-11-20(28-3)19(27-2)10-16(17)15-9-13(25)5-6-14(15)21(18)22(23)26/h5-6,9-11,22,25-26H,4,7-8,12H2,1-3H3/t22-,23-/m0/s1. The number of nitrogens with zero attached hydrogens (tertiary/aromatic N) is 1. The molecule has 5 heteroatoms. The van der Waals surface area contributed by atoms with Crippen molar-refractivity contribution in [2.24, 2.45) is 0 Å². The largest absolute Gasteiger partial charge is 0.508 e. The number of aliphatic hydroxyl groups excluding tert-OH is 1. The van der Waals surface area contributed by atoms with E-state index in [0.29, 0.717) is 11.5 Å².